The number of nitrogens with one attached hydrogen (secondary N) is 2. The van der Waals surface area contributed by atoms with Crippen LogP contribution in [-0.2, 0) is 11.2 Å². The highest BCUT2D eigenvalue weighted by Crippen LogP contribution is 2.20. The minimum atomic E-state index is -1.13. The molecule has 3 aromatic rings. The number of carbonyl (C=O) groups excluding carboxylic acids is 2. The molecule has 0 bridgehead atoms. The molecule has 0 unspecified atom stereocenters. The predicted octanol–water partition coefficient (Wildman–Crippen LogP) is 3.95. The zero-order valence-corrected chi connectivity index (χ0v) is 16.7. The molecule has 154 valence electrons. The van der Waals surface area contributed by atoms with Crippen molar-refractivity contribution in [3.05, 3.63) is 83.7 Å². The molecule has 1 aromatic heterocycles. The molecule has 0 aliphatic heterocycles. The summed E-state index contributed by atoms with van der Waals surface area (Å²) in [4.78, 5) is 37.3. The summed E-state index contributed by atoms with van der Waals surface area (Å²) in [5, 5.41) is 11.9. The minimum absolute atomic E-state index is 0.0468. The van der Waals surface area contributed by atoms with E-state index in [9.17, 15) is 14.4 Å². The number of aromatic carboxylic acids is 1. The van der Waals surface area contributed by atoms with E-state index < -0.39 is 11.9 Å². The maximum atomic E-state index is 12.6. The van der Waals surface area contributed by atoms with Gasteiger partial charge in [-0.05, 0) is 41.7 Å². The molecule has 1 amide bonds. The van der Waals surface area contributed by atoms with Crippen molar-refractivity contribution < 1.29 is 19.5 Å². The van der Waals surface area contributed by atoms with Crippen molar-refractivity contribution in [2.75, 3.05) is 0 Å². The quantitative estimate of drug-likeness (QED) is 0.470. The fraction of sp³-hybridized carbons (Fsp3) is 0.208. The summed E-state index contributed by atoms with van der Waals surface area (Å²) in [6.07, 6.45) is 1.92. The Hall–Kier alpha value is -3.67. The summed E-state index contributed by atoms with van der Waals surface area (Å²) in [6.45, 7) is 1.81. The van der Waals surface area contributed by atoms with Crippen molar-refractivity contribution in [2.45, 2.75) is 25.8 Å². The lowest BCUT2D eigenvalue weighted by Gasteiger charge is -2.20. The lowest BCUT2D eigenvalue weighted by molar-refractivity contribution is -0.111. The lowest BCUT2D eigenvalue weighted by Crippen LogP contribution is -2.38. The molecule has 0 aliphatic carbocycles. The molecule has 0 radical (unpaired) electrons. The van der Waals surface area contributed by atoms with Gasteiger partial charge in [-0.3, -0.25) is 4.79 Å². The summed E-state index contributed by atoms with van der Waals surface area (Å²) < 4.78 is 0. The van der Waals surface area contributed by atoms with E-state index in [0.29, 0.717) is 12.8 Å². The zero-order valence-electron chi connectivity index (χ0n) is 16.7. The standard InChI is InChI=1S/C24H24N2O4/c1-16(15-27)13-20(25-23(28)21-11-12-22(26-21)24(29)30)14-17-7-9-19(10-8-17)18-5-3-2-4-6-18/h2-12,15-16,20,26H,13-14H2,1H3,(H,25,28)(H,29,30)/t16-,20+/m1/s1. The number of amides is 1. The number of carboxylic acid groups (broad SMARTS) is 1. The first-order chi connectivity index (χ1) is 14.5. The highest BCUT2D eigenvalue weighted by Gasteiger charge is 2.19. The van der Waals surface area contributed by atoms with Gasteiger partial charge in [0.25, 0.3) is 5.91 Å². The van der Waals surface area contributed by atoms with Crippen molar-refractivity contribution in [1.82, 2.24) is 10.3 Å². The minimum Gasteiger partial charge on any atom is -0.477 e. The van der Waals surface area contributed by atoms with Gasteiger partial charge in [0.1, 0.15) is 17.7 Å². The second-order valence-corrected chi connectivity index (χ2v) is 7.38. The van der Waals surface area contributed by atoms with Gasteiger partial charge in [0.15, 0.2) is 0 Å². The molecule has 1 heterocycles. The number of carbonyl (C=O) groups is 3. The molecule has 2 aromatic carbocycles. The summed E-state index contributed by atoms with van der Waals surface area (Å²) in [7, 11) is 0. The molecule has 3 rings (SSSR count). The molecular formula is C24H24N2O4. The van der Waals surface area contributed by atoms with Gasteiger partial charge in [-0.2, -0.15) is 0 Å². The molecule has 0 spiro atoms. The maximum absolute atomic E-state index is 12.6. The van der Waals surface area contributed by atoms with Crippen LogP contribution in [0.1, 0.15) is 39.9 Å². The van der Waals surface area contributed by atoms with E-state index >= 15 is 0 Å². The van der Waals surface area contributed by atoms with E-state index in [2.05, 4.69) is 10.3 Å². The van der Waals surface area contributed by atoms with Crippen LogP contribution in [0, 0.1) is 5.92 Å². The Balaban J connectivity index is 1.72. The van der Waals surface area contributed by atoms with Gasteiger partial charge in [0, 0.05) is 12.0 Å². The Morgan fingerprint density at radius 2 is 1.60 bits per heavy atom. The first-order valence-corrected chi connectivity index (χ1v) is 9.79. The molecule has 0 saturated carbocycles. The summed E-state index contributed by atoms with van der Waals surface area (Å²) in [5.74, 6) is -1.73. The number of H-pyrrole nitrogens is 1. The first kappa shape index (κ1) is 21.0. The van der Waals surface area contributed by atoms with E-state index in [4.69, 9.17) is 5.11 Å². The average Bonchev–Trinajstić information content (AvgIpc) is 3.25. The van der Waals surface area contributed by atoms with Gasteiger partial charge in [-0.1, -0.05) is 61.5 Å². The van der Waals surface area contributed by atoms with Crippen molar-refractivity contribution in [3.8, 4) is 11.1 Å². The summed E-state index contributed by atoms with van der Waals surface area (Å²) in [6, 6.07) is 20.7. The molecule has 0 fully saturated rings. The third-order valence-electron chi connectivity index (χ3n) is 4.93. The van der Waals surface area contributed by atoms with E-state index in [1.807, 2.05) is 61.5 Å². The van der Waals surface area contributed by atoms with Crippen LogP contribution in [0.15, 0.2) is 66.7 Å². The smallest absolute Gasteiger partial charge is 0.352 e. The lowest BCUT2D eigenvalue weighted by atomic mass is 9.95. The van der Waals surface area contributed by atoms with Gasteiger partial charge in [-0.15, -0.1) is 0 Å². The summed E-state index contributed by atoms with van der Waals surface area (Å²) in [5.41, 5.74) is 3.40. The highest BCUT2D eigenvalue weighted by molar-refractivity contribution is 5.95. The highest BCUT2D eigenvalue weighted by atomic mass is 16.4. The van der Waals surface area contributed by atoms with Crippen LogP contribution in [0.5, 0.6) is 0 Å². The number of benzene rings is 2. The monoisotopic (exact) mass is 404 g/mol. The van der Waals surface area contributed by atoms with Gasteiger partial charge in [0.05, 0.1) is 0 Å². The Labute approximate surface area is 175 Å². The molecule has 0 saturated heterocycles. The third kappa shape index (κ3) is 5.44. The second-order valence-electron chi connectivity index (χ2n) is 7.38. The van der Waals surface area contributed by atoms with Crippen LogP contribution in [-0.4, -0.2) is 34.3 Å². The van der Waals surface area contributed by atoms with Crippen LogP contribution in [0.2, 0.25) is 0 Å². The number of aromatic amines is 1. The normalized spacial score (nSPS) is 12.7. The van der Waals surface area contributed by atoms with E-state index in [1.54, 1.807) is 0 Å². The first-order valence-electron chi connectivity index (χ1n) is 9.79. The zero-order chi connectivity index (χ0) is 21.5. The van der Waals surface area contributed by atoms with Gasteiger partial charge >= 0.3 is 5.97 Å². The Morgan fingerprint density at radius 1 is 0.967 bits per heavy atom. The molecule has 3 N–H and O–H groups in total. The SMILES string of the molecule is C[C@@H](C=O)C[C@@H](Cc1ccc(-c2ccccc2)cc1)NC(=O)c1ccc(C(=O)O)[nH]1. The number of hydrogen-bond acceptors (Lipinski definition) is 3. The maximum Gasteiger partial charge on any atom is 0.352 e. The molecule has 30 heavy (non-hydrogen) atoms. The van der Waals surface area contributed by atoms with Crippen molar-refractivity contribution >= 4 is 18.2 Å². The van der Waals surface area contributed by atoms with Crippen molar-refractivity contribution in [1.29, 1.82) is 0 Å². The molecule has 6 heteroatoms. The van der Waals surface area contributed by atoms with Gasteiger partial charge < -0.3 is 20.2 Å². The number of rotatable bonds is 9. The summed E-state index contributed by atoms with van der Waals surface area (Å²) >= 11 is 0. The number of carboxylic acids is 1. The van der Waals surface area contributed by atoms with Crippen LogP contribution in [0.4, 0.5) is 0 Å². The predicted molar refractivity (Wildman–Crippen MR) is 114 cm³/mol. The Bertz CT molecular complexity index is 1010. The van der Waals surface area contributed by atoms with E-state index in [0.717, 1.165) is 23.0 Å². The number of aldehydes is 1. The van der Waals surface area contributed by atoms with E-state index in [-0.39, 0.29) is 23.3 Å². The van der Waals surface area contributed by atoms with Crippen LogP contribution < -0.4 is 5.32 Å². The fourth-order valence-corrected chi connectivity index (χ4v) is 3.36. The number of hydrogen-bond donors (Lipinski definition) is 3. The van der Waals surface area contributed by atoms with Crippen molar-refractivity contribution in [3.63, 3.8) is 0 Å². The van der Waals surface area contributed by atoms with Crippen LogP contribution in [0.3, 0.4) is 0 Å². The average molecular weight is 404 g/mol. The largest absolute Gasteiger partial charge is 0.477 e. The second kappa shape index (κ2) is 9.69. The topological polar surface area (TPSA) is 99.3 Å². The molecular weight excluding hydrogens is 380 g/mol. The molecule has 2 atom stereocenters. The van der Waals surface area contributed by atoms with Gasteiger partial charge in [-0.25, -0.2) is 4.79 Å². The molecule has 6 nitrogen and oxygen atoms in total. The Kier molecular flexibility index (Phi) is 6.80. The van der Waals surface area contributed by atoms with Gasteiger partial charge in [0.2, 0.25) is 0 Å². The fourth-order valence-electron chi connectivity index (χ4n) is 3.36. The van der Waals surface area contributed by atoms with Crippen LogP contribution >= 0.6 is 0 Å². The molecule has 0 aliphatic rings. The third-order valence-corrected chi connectivity index (χ3v) is 4.93. The van der Waals surface area contributed by atoms with E-state index in [1.165, 1.54) is 12.1 Å². The van der Waals surface area contributed by atoms with Crippen molar-refractivity contribution in [2.24, 2.45) is 5.92 Å². The number of aromatic nitrogens is 1. The van der Waals surface area contributed by atoms with Crippen LogP contribution in [0.25, 0.3) is 11.1 Å². The Morgan fingerprint density at radius 3 is 2.20 bits per heavy atom.